The highest BCUT2D eigenvalue weighted by atomic mass is 15.5. The van der Waals surface area contributed by atoms with Crippen LogP contribution in [0.3, 0.4) is 0 Å². The van der Waals surface area contributed by atoms with Crippen LogP contribution in [0.4, 0.5) is 17.5 Å². The van der Waals surface area contributed by atoms with Gasteiger partial charge in [0.15, 0.2) is 5.82 Å². The second-order valence-corrected chi connectivity index (χ2v) is 4.54. The van der Waals surface area contributed by atoms with E-state index >= 15 is 0 Å². The number of aromatic nitrogens is 6. The first-order valence-corrected chi connectivity index (χ1v) is 6.63. The molecule has 0 saturated carbocycles. The number of rotatable bonds is 2. The van der Waals surface area contributed by atoms with Crippen molar-refractivity contribution in [3.8, 4) is 17.1 Å². The van der Waals surface area contributed by atoms with Crippen molar-refractivity contribution in [3.63, 3.8) is 0 Å². The second kappa shape index (κ2) is 4.51. The molecule has 0 bridgehead atoms. The molecule has 0 fully saturated rings. The van der Waals surface area contributed by atoms with Crippen molar-refractivity contribution in [2.24, 2.45) is 0 Å². The van der Waals surface area contributed by atoms with Gasteiger partial charge in [-0.15, -0.1) is 5.10 Å². The fraction of sp³-hybridized carbons (Fsp3) is 0.154. The lowest BCUT2D eigenvalue weighted by atomic mass is 10.2. The van der Waals surface area contributed by atoms with E-state index in [9.17, 15) is 0 Å². The Morgan fingerprint density at radius 1 is 1.29 bits per heavy atom. The highest BCUT2D eigenvalue weighted by Crippen LogP contribution is 2.35. The van der Waals surface area contributed by atoms with E-state index in [4.69, 9.17) is 0 Å². The third kappa shape index (κ3) is 1.80. The summed E-state index contributed by atoms with van der Waals surface area (Å²) in [6.07, 6.45) is 1.72. The first-order chi connectivity index (χ1) is 10.4. The minimum Gasteiger partial charge on any atom is -0.354 e. The fourth-order valence-corrected chi connectivity index (χ4v) is 2.29. The molecule has 1 aromatic carbocycles. The van der Waals surface area contributed by atoms with Gasteiger partial charge in [0.1, 0.15) is 5.82 Å². The van der Waals surface area contributed by atoms with Gasteiger partial charge in [0.25, 0.3) is 0 Å². The van der Waals surface area contributed by atoms with E-state index in [2.05, 4.69) is 36.1 Å². The molecule has 1 aliphatic heterocycles. The molecule has 4 rings (SSSR count). The van der Waals surface area contributed by atoms with Crippen molar-refractivity contribution in [1.82, 2.24) is 30.2 Å². The minimum atomic E-state index is 0.571. The summed E-state index contributed by atoms with van der Waals surface area (Å²) in [7, 11) is 0. The molecule has 0 atom stereocenters. The molecule has 1 aliphatic rings. The molecule has 8 heteroatoms. The van der Waals surface area contributed by atoms with Crippen molar-refractivity contribution in [1.29, 1.82) is 0 Å². The topological polar surface area (TPSA) is 93.4 Å². The highest BCUT2D eigenvalue weighted by Gasteiger charge is 2.22. The van der Waals surface area contributed by atoms with E-state index in [1.807, 2.05) is 31.2 Å². The summed E-state index contributed by atoms with van der Waals surface area (Å²) in [5, 5.41) is 18.3. The number of hydrogen-bond acceptors (Lipinski definition) is 7. The summed E-state index contributed by atoms with van der Waals surface area (Å²) in [6, 6.07) is 7.81. The van der Waals surface area contributed by atoms with Gasteiger partial charge in [-0.3, -0.25) is 0 Å². The largest absolute Gasteiger partial charge is 0.354 e. The number of nitrogens with zero attached hydrogens (tertiary/aromatic N) is 6. The molecular formula is C13H12N8. The van der Waals surface area contributed by atoms with Crippen LogP contribution in [0.15, 0.2) is 30.5 Å². The maximum atomic E-state index is 4.50. The standard InChI is InChI=1S/C13H12N8/c1-2-14-13-15-7-8-11(17-13)16-9-5-3-4-6-10(9)21-12(8)18-19-20-21/h3-7H,2H2,1H3,(H2,14,15,16,17). The van der Waals surface area contributed by atoms with Gasteiger partial charge in [-0.2, -0.15) is 9.67 Å². The monoisotopic (exact) mass is 280 g/mol. The Hall–Kier alpha value is -3.03. The Kier molecular flexibility index (Phi) is 2.53. The Morgan fingerprint density at radius 2 is 2.19 bits per heavy atom. The molecule has 0 unspecified atom stereocenters. The lowest BCUT2D eigenvalue weighted by molar-refractivity contribution is 0.793. The highest BCUT2D eigenvalue weighted by molar-refractivity contribution is 5.81. The Bertz CT molecular complexity index is 809. The van der Waals surface area contributed by atoms with Crippen LogP contribution in [0.5, 0.6) is 0 Å². The van der Waals surface area contributed by atoms with Gasteiger partial charge < -0.3 is 10.6 Å². The van der Waals surface area contributed by atoms with Crippen molar-refractivity contribution >= 4 is 17.5 Å². The molecule has 0 spiro atoms. The summed E-state index contributed by atoms with van der Waals surface area (Å²) < 4.78 is 1.68. The maximum Gasteiger partial charge on any atom is 0.224 e. The van der Waals surface area contributed by atoms with E-state index in [1.165, 1.54) is 0 Å². The summed E-state index contributed by atoms with van der Waals surface area (Å²) in [4.78, 5) is 8.79. The number of hydrogen-bond donors (Lipinski definition) is 2. The number of benzene rings is 1. The van der Waals surface area contributed by atoms with Gasteiger partial charge >= 0.3 is 0 Å². The molecule has 0 aliphatic carbocycles. The molecule has 3 heterocycles. The molecule has 0 saturated heterocycles. The molecule has 0 amide bonds. The van der Waals surface area contributed by atoms with Crippen LogP contribution in [0.1, 0.15) is 6.92 Å². The minimum absolute atomic E-state index is 0.571. The number of para-hydroxylation sites is 2. The summed E-state index contributed by atoms with van der Waals surface area (Å²) in [5.41, 5.74) is 2.53. The SMILES string of the molecule is CCNc1ncc2c(n1)Nc1ccccc1-n1nnnc1-2. The van der Waals surface area contributed by atoms with Crippen molar-refractivity contribution in [2.75, 3.05) is 17.2 Å². The Balaban J connectivity index is 1.96. The number of nitrogens with one attached hydrogen (secondary N) is 2. The summed E-state index contributed by atoms with van der Waals surface area (Å²) in [6.45, 7) is 2.76. The van der Waals surface area contributed by atoms with Crippen LogP contribution in [0.2, 0.25) is 0 Å². The predicted octanol–water partition coefficient (Wildman–Crippen LogP) is 1.61. The molecule has 2 N–H and O–H groups in total. The van der Waals surface area contributed by atoms with Crippen molar-refractivity contribution in [3.05, 3.63) is 30.5 Å². The van der Waals surface area contributed by atoms with Crippen molar-refractivity contribution < 1.29 is 0 Å². The molecule has 104 valence electrons. The van der Waals surface area contributed by atoms with Gasteiger partial charge in [-0.25, -0.2) is 4.98 Å². The quantitative estimate of drug-likeness (QED) is 0.576. The Morgan fingerprint density at radius 3 is 3.10 bits per heavy atom. The first kappa shape index (κ1) is 11.8. The lowest BCUT2D eigenvalue weighted by Gasteiger charge is -2.09. The fourth-order valence-electron chi connectivity index (χ4n) is 2.29. The smallest absolute Gasteiger partial charge is 0.224 e. The van der Waals surface area contributed by atoms with Crippen LogP contribution in [-0.2, 0) is 0 Å². The van der Waals surface area contributed by atoms with Gasteiger partial charge in [0.05, 0.1) is 16.9 Å². The second-order valence-electron chi connectivity index (χ2n) is 4.54. The summed E-state index contributed by atoms with van der Waals surface area (Å²) >= 11 is 0. The predicted molar refractivity (Wildman–Crippen MR) is 77.6 cm³/mol. The molecule has 2 aromatic heterocycles. The first-order valence-electron chi connectivity index (χ1n) is 6.63. The average molecular weight is 280 g/mol. The van der Waals surface area contributed by atoms with Crippen LogP contribution >= 0.6 is 0 Å². The molecular weight excluding hydrogens is 268 g/mol. The average Bonchev–Trinajstić information content (AvgIpc) is 2.93. The van der Waals surface area contributed by atoms with E-state index in [1.54, 1.807) is 10.9 Å². The van der Waals surface area contributed by atoms with Crippen LogP contribution in [0.25, 0.3) is 17.1 Å². The van der Waals surface area contributed by atoms with Crippen LogP contribution in [-0.4, -0.2) is 36.7 Å². The van der Waals surface area contributed by atoms with E-state index in [0.717, 1.165) is 23.5 Å². The normalized spacial score (nSPS) is 11.7. The van der Waals surface area contributed by atoms with Crippen molar-refractivity contribution in [2.45, 2.75) is 6.92 Å². The maximum absolute atomic E-state index is 4.50. The van der Waals surface area contributed by atoms with Crippen LogP contribution < -0.4 is 10.6 Å². The third-order valence-electron chi connectivity index (χ3n) is 3.22. The zero-order valence-electron chi connectivity index (χ0n) is 11.3. The molecule has 0 radical (unpaired) electrons. The van der Waals surface area contributed by atoms with E-state index < -0.39 is 0 Å². The molecule has 8 nitrogen and oxygen atoms in total. The van der Waals surface area contributed by atoms with Gasteiger partial charge in [-0.1, -0.05) is 12.1 Å². The van der Waals surface area contributed by atoms with Gasteiger partial charge in [-0.05, 0) is 29.5 Å². The zero-order chi connectivity index (χ0) is 14.2. The lowest BCUT2D eigenvalue weighted by Crippen LogP contribution is -2.05. The summed E-state index contributed by atoms with van der Waals surface area (Å²) in [5.74, 6) is 1.87. The van der Waals surface area contributed by atoms with E-state index in [0.29, 0.717) is 17.6 Å². The van der Waals surface area contributed by atoms with Gasteiger partial charge in [0.2, 0.25) is 5.95 Å². The van der Waals surface area contributed by atoms with Gasteiger partial charge in [0, 0.05) is 12.7 Å². The number of anilines is 3. The molecule has 3 aromatic rings. The van der Waals surface area contributed by atoms with E-state index in [-0.39, 0.29) is 0 Å². The number of tetrazole rings is 1. The molecule has 21 heavy (non-hydrogen) atoms. The Labute approximate surface area is 120 Å². The third-order valence-corrected chi connectivity index (χ3v) is 3.22. The van der Waals surface area contributed by atoms with Crippen LogP contribution in [0, 0.1) is 0 Å². The number of fused-ring (bicyclic) bond motifs is 5. The zero-order valence-corrected chi connectivity index (χ0v) is 11.3.